The zero-order chi connectivity index (χ0) is 14.5. The van der Waals surface area contributed by atoms with Gasteiger partial charge in [0.2, 0.25) is 0 Å². The summed E-state index contributed by atoms with van der Waals surface area (Å²) in [5, 5.41) is 3.63. The summed E-state index contributed by atoms with van der Waals surface area (Å²) in [6.45, 7) is 3.12. The first-order chi connectivity index (χ1) is 10.3. The molecule has 1 heterocycles. The summed E-state index contributed by atoms with van der Waals surface area (Å²) in [6.07, 6.45) is 9.50. The maximum absolute atomic E-state index is 4.40. The third-order valence-electron chi connectivity index (χ3n) is 3.88. The van der Waals surface area contributed by atoms with Gasteiger partial charge in [0, 0.05) is 18.3 Å². The number of pyridine rings is 1. The van der Waals surface area contributed by atoms with Crippen molar-refractivity contribution >= 4 is 5.57 Å². The lowest BCUT2D eigenvalue weighted by atomic mass is 9.89. The van der Waals surface area contributed by atoms with Crippen molar-refractivity contribution < 1.29 is 0 Å². The van der Waals surface area contributed by atoms with Crippen molar-refractivity contribution in [2.24, 2.45) is 0 Å². The average molecular weight is 276 g/mol. The maximum atomic E-state index is 4.40. The third kappa shape index (κ3) is 3.47. The van der Waals surface area contributed by atoms with Crippen molar-refractivity contribution in [2.75, 3.05) is 0 Å². The van der Waals surface area contributed by atoms with E-state index >= 15 is 0 Å². The quantitative estimate of drug-likeness (QED) is 0.914. The van der Waals surface area contributed by atoms with E-state index in [1.807, 2.05) is 24.4 Å². The van der Waals surface area contributed by atoms with Gasteiger partial charge in [0.05, 0.1) is 5.69 Å². The van der Waals surface area contributed by atoms with Gasteiger partial charge in [0.15, 0.2) is 0 Å². The summed E-state index contributed by atoms with van der Waals surface area (Å²) >= 11 is 0. The monoisotopic (exact) mass is 276 g/mol. The molecule has 106 valence electrons. The molecule has 1 aliphatic rings. The van der Waals surface area contributed by atoms with Gasteiger partial charge < -0.3 is 5.32 Å². The summed E-state index contributed by atoms with van der Waals surface area (Å²) in [6, 6.07) is 16.5. The molecule has 2 heteroatoms. The van der Waals surface area contributed by atoms with Crippen molar-refractivity contribution in [1.29, 1.82) is 0 Å². The summed E-state index contributed by atoms with van der Waals surface area (Å²) in [4.78, 5) is 4.40. The van der Waals surface area contributed by atoms with E-state index in [-0.39, 0.29) is 5.54 Å². The third-order valence-corrected chi connectivity index (χ3v) is 3.88. The van der Waals surface area contributed by atoms with Crippen LogP contribution < -0.4 is 5.32 Å². The van der Waals surface area contributed by atoms with E-state index in [2.05, 4.69) is 65.8 Å². The maximum Gasteiger partial charge on any atom is 0.0698 e. The largest absolute Gasteiger partial charge is 0.304 e. The van der Waals surface area contributed by atoms with Crippen LogP contribution in [0.4, 0.5) is 0 Å². The highest BCUT2D eigenvalue weighted by Gasteiger charge is 2.22. The predicted molar refractivity (Wildman–Crippen MR) is 87.7 cm³/mol. The van der Waals surface area contributed by atoms with Crippen LogP contribution in [-0.2, 0) is 6.54 Å². The molecule has 0 saturated carbocycles. The van der Waals surface area contributed by atoms with Crippen molar-refractivity contribution in [3.63, 3.8) is 0 Å². The molecule has 2 nitrogen and oxygen atoms in total. The second-order valence-corrected chi connectivity index (χ2v) is 5.67. The number of nitrogens with one attached hydrogen (secondary N) is 1. The highest BCUT2D eigenvalue weighted by atomic mass is 15.0. The van der Waals surface area contributed by atoms with Crippen LogP contribution in [0.25, 0.3) is 5.57 Å². The van der Waals surface area contributed by atoms with Gasteiger partial charge in [-0.1, -0.05) is 54.6 Å². The second kappa shape index (κ2) is 6.06. The number of benzene rings is 1. The minimum atomic E-state index is 0.00806. The molecular formula is C19H20N2. The molecule has 1 aromatic carbocycles. The smallest absolute Gasteiger partial charge is 0.0698 e. The normalized spacial score (nSPS) is 21.1. The molecular weight excluding hydrogens is 256 g/mol. The average Bonchev–Trinajstić information content (AvgIpc) is 2.56. The second-order valence-electron chi connectivity index (χ2n) is 5.67. The number of nitrogens with zero attached hydrogens (tertiary/aromatic N) is 1. The predicted octanol–water partition coefficient (Wildman–Crippen LogP) is 3.97. The molecule has 1 atom stereocenters. The fourth-order valence-electron chi connectivity index (χ4n) is 2.49. The minimum absolute atomic E-state index is 0.00806. The van der Waals surface area contributed by atoms with Gasteiger partial charge in [-0.3, -0.25) is 4.98 Å². The topological polar surface area (TPSA) is 24.9 Å². The number of allylic oxidation sites excluding steroid dienone is 2. The molecule has 21 heavy (non-hydrogen) atoms. The summed E-state index contributed by atoms with van der Waals surface area (Å²) in [7, 11) is 0. The van der Waals surface area contributed by atoms with E-state index in [1.54, 1.807) is 0 Å². The van der Waals surface area contributed by atoms with E-state index in [0.29, 0.717) is 0 Å². The van der Waals surface area contributed by atoms with Gasteiger partial charge in [-0.25, -0.2) is 0 Å². The number of hydrogen-bond acceptors (Lipinski definition) is 2. The van der Waals surface area contributed by atoms with Gasteiger partial charge in [0.25, 0.3) is 0 Å². The summed E-state index contributed by atoms with van der Waals surface area (Å²) in [5.74, 6) is 0. The molecule has 0 saturated heterocycles. The lowest BCUT2D eigenvalue weighted by Crippen LogP contribution is -2.40. The standard InChI is InChI=1S/C19H20N2/c1-19(21-15-16-7-3-2-4-8-16)12-10-17(11-13-19)18-9-5-6-14-20-18/h2-12,14,21H,13,15H2,1H3. The first-order valence-corrected chi connectivity index (χ1v) is 7.35. The SMILES string of the molecule is CC1(NCc2ccccc2)C=CC(c2ccccn2)=CC1. The van der Waals surface area contributed by atoms with Crippen molar-refractivity contribution in [1.82, 2.24) is 10.3 Å². The molecule has 2 aromatic rings. The van der Waals surface area contributed by atoms with Crippen LogP contribution in [0, 0.1) is 0 Å². The van der Waals surface area contributed by atoms with Crippen LogP contribution in [0.1, 0.15) is 24.6 Å². The molecule has 0 aliphatic heterocycles. The molecule has 1 aromatic heterocycles. The Hall–Kier alpha value is -2.19. The molecule has 1 aliphatic carbocycles. The molecule has 1 N–H and O–H groups in total. The molecule has 0 amide bonds. The van der Waals surface area contributed by atoms with Gasteiger partial charge in [-0.2, -0.15) is 0 Å². The summed E-state index contributed by atoms with van der Waals surface area (Å²) < 4.78 is 0. The Morgan fingerprint density at radius 3 is 2.57 bits per heavy atom. The fraction of sp³-hybridized carbons (Fsp3) is 0.211. The van der Waals surface area contributed by atoms with E-state index in [9.17, 15) is 0 Å². The van der Waals surface area contributed by atoms with Crippen molar-refractivity contribution in [3.8, 4) is 0 Å². The Balaban J connectivity index is 1.64. The highest BCUT2D eigenvalue weighted by molar-refractivity contribution is 5.73. The Bertz CT molecular complexity index is 644. The van der Waals surface area contributed by atoms with Crippen LogP contribution in [-0.4, -0.2) is 10.5 Å². The van der Waals surface area contributed by atoms with Crippen LogP contribution in [0.15, 0.2) is 73.0 Å². The van der Waals surface area contributed by atoms with E-state index in [1.165, 1.54) is 11.1 Å². The molecule has 3 rings (SSSR count). The van der Waals surface area contributed by atoms with Crippen LogP contribution >= 0.6 is 0 Å². The van der Waals surface area contributed by atoms with Gasteiger partial charge in [0.1, 0.15) is 0 Å². The van der Waals surface area contributed by atoms with Crippen molar-refractivity contribution in [2.45, 2.75) is 25.4 Å². The van der Waals surface area contributed by atoms with Gasteiger partial charge in [-0.15, -0.1) is 0 Å². The first-order valence-electron chi connectivity index (χ1n) is 7.35. The minimum Gasteiger partial charge on any atom is -0.304 e. The van der Waals surface area contributed by atoms with Crippen LogP contribution in [0.5, 0.6) is 0 Å². The number of rotatable bonds is 4. The molecule has 0 radical (unpaired) electrons. The van der Waals surface area contributed by atoms with E-state index in [4.69, 9.17) is 0 Å². The molecule has 0 fully saturated rings. The lowest BCUT2D eigenvalue weighted by molar-refractivity contribution is 0.437. The van der Waals surface area contributed by atoms with E-state index < -0.39 is 0 Å². The number of aromatic nitrogens is 1. The molecule has 0 spiro atoms. The summed E-state index contributed by atoms with van der Waals surface area (Å²) in [5.41, 5.74) is 3.56. The number of hydrogen-bond donors (Lipinski definition) is 1. The van der Waals surface area contributed by atoms with Gasteiger partial charge in [-0.05, 0) is 36.6 Å². The lowest BCUT2D eigenvalue weighted by Gasteiger charge is -2.29. The van der Waals surface area contributed by atoms with Crippen molar-refractivity contribution in [3.05, 3.63) is 84.2 Å². The Morgan fingerprint density at radius 2 is 1.90 bits per heavy atom. The van der Waals surface area contributed by atoms with Gasteiger partial charge >= 0.3 is 0 Å². The van der Waals surface area contributed by atoms with E-state index in [0.717, 1.165) is 18.7 Å². The van der Waals surface area contributed by atoms with Crippen LogP contribution in [0.2, 0.25) is 0 Å². The highest BCUT2D eigenvalue weighted by Crippen LogP contribution is 2.25. The first kappa shape index (κ1) is 13.8. The molecule has 1 unspecified atom stereocenters. The fourth-order valence-corrected chi connectivity index (χ4v) is 2.49. The molecule has 0 bridgehead atoms. The zero-order valence-electron chi connectivity index (χ0n) is 12.3. The zero-order valence-corrected chi connectivity index (χ0v) is 12.3. The van der Waals surface area contributed by atoms with Crippen LogP contribution in [0.3, 0.4) is 0 Å². The Kier molecular flexibility index (Phi) is 3.98. The Morgan fingerprint density at radius 1 is 1.10 bits per heavy atom. The Labute approximate surface area is 126 Å².